The number of nitrogen functional groups attached to an aromatic ring is 1. The maximum atomic E-state index is 11.5. The Hall–Kier alpha value is -2.14. The predicted octanol–water partition coefficient (Wildman–Crippen LogP) is 0.763. The monoisotopic (exact) mass is 329 g/mol. The molecule has 1 heterocycles. The van der Waals surface area contributed by atoms with Gasteiger partial charge in [0.15, 0.2) is 9.84 Å². The highest BCUT2D eigenvalue weighted by Crippen LogP contribution is 2.35. The first-order valence-electron chi connectivity index (χ1n) is 5.53. The van der Waals surface area contributed by atoms with Gasteiger partial charge in [-0.2, -0.15) is 0 Å². The van der Waals surface area contributed by atoms with Crippen molar-refractivity contribution >= 4 is 27.3 Å². The zero-order chi connectivity index (χ0) is 15.8. The normalized spacial score (nSPS) is 11.5. The van der Waals surface area contributed by atoms with Crippen LogP contribution in [0.25, 0.3) is 0 Å². The van der Waals surface area contributed by atoms with Gasteiger partial charge in [0, 0.05) is 12.3 Å². The van der Waals surface area contributed by atoms with Crippen molar-refractivity contribution in [1.29, 1.82) is 0 Å². The Morgan fingerprint density at radius 1 is 1.38 bits per heavy atom. The third kappa shape index (κ3) is 3.13. The van der Waals surface area contributed by atoms with Crippen LogP contribution in [0.3, 0.4) is 0 Å². The van der Waals surface area contributed by atoms with Crippen LogP contribution in [-0.2, 0) is 9.84 Å². The van der Waals surface area contributed by atoms with Gasteiger partial charge in [0.2, 0.25) is 5.16 Å². The summed E-state index contributed by atoms with van der Waals surface area (Å²) in [6, 6.07) is 3.67. The van der Waals surface area contributed by atoms with E-state index in [-0.39, 0.29) is 20.6 Å². The van der Waals surface area contributed by atoms with Crippen LogP contribution in [-0.4, -0.2) is 34.5 Å². The van der Waals surface area contributed by atoms with E-state index in [2.05, 4.69) is 10.2 Å². The zero-order valence-corrected chi connectivity index (χ0v) is 12.7. The summed E-state index contributed by atoms with van der Waals surface area (Å²) in [7, 11) is -3.52. The van der Waals surface area contributed by atoms with E-state index < -0.39 is 14.8 Å². The first-order chi connectivity index (χ1) is 9.70. The fourth-order valence-corrected chi connectivity index (χ4v) is 3.00. The Morgan fingerprint density at radius 3 is 2.52 bits per heavy atom. The second kappa shape index (κ2) is 5.33. The number of hydrogen-bond donors (Lipinski definition) is 1. The molecule has 0 radical (unpaired) electrons. The van der Waals surface area contributed by atoms with E-state index >= 15 is 0 Å². The molecule has 0 saturated heterocycles. The standard InChI is InChI=1S/C10H11N5O4S2/c1-6-12-13-10(14(6)11)20-9-4-3-7(21(2,18)19)5-8(9)15(16)17/h3-5H,11H2,1-2H3. The van der Waals surface area contributed by atoms with Gasteiger partial charge in [-0.15, -0.1) is 10.2 Å². The molecule has 1 aromatic heterocycles. The van der Waals surface area contributed by atoms with Gasteiger partial charge in [-0.25, -0.2) is 13.1 Å². The maximum absolute atomic E-state index is 11.5. The molecule has 11 heteroatoms. The van der Waals surface area contributed by atoms with Crippen molar-refractivity contribution in [3.63, 3.8) is 0 Å². The Balaban J connectivity index is 2.49. The van der Waals surface area contributed by atoms with Crippen molar-refractivity contribution in [2.45, 2.75) is 21.9 Å². The van der Waals surface area contributed by atoms with Crippen molar-refractivity contribution in [3.8, 4) is 0 Å². The number of aryl methyl sites for hydroxylation is 1. The highest BCUT2D eigenvalue weighted by Gasteiger charge is 2.21. The number of benzene rings is 1. The van der Waals surface area contributed by atoms with Crippen molar-refractivity contribution in [2.24, 2.45) is 0 Å². The smallest absolute Gasteiger partial charge is 0.284 e. The second-order valence-corrected chi connectivity index (χ2v) is 7.19. The Bertz CT molecular complexity index is 815. The molecule has 0 atom stereocenters. The lowest BCUT2D eigenvalue weighted by molar-refractivity contribution is -0.388. The van der Waals surface area contributed by atoms with E-state index in [1.165, 1.54) is 16.8 Å². The third-order valence-electron chi connectivity index (χ3n) is 2.59. The molecular formula is C10H11N5O4S2. The van der Waals surface area contributed by atoms with Gasteiger partial charge in [-0.3, -0.25) is 10.1 Å². The number of nitrogens with two attached hydrogens (primary N) is 1. The zero-order valence-electron chi connectivity index (χ0n) is 11.0. The van der Waals surface area contributed by atoms with E-state index in [4.69, 9.17) is 5.84 Å². The highest BCUT2D eigenvalue weighted by atomic mass is 32.2. The lowest BCUT2D eigenvalue weighted by Gasteiger charge is -2.04. The Morgan fingerprint density at radius 2 is 2.05 bits per heavy atom. The maximum Gasteiger partial charge on any atom is 0.284 e. The van der Waals surface area contributed by atoms with Crippen LogP contribution in [0.15, 0.2) is 33.1 Å². The van der Waals surface area contributed by atoms with E-state index in [0.29, 0.717) is 5.82 Å². The largest absolute Gasteiger partial charge is 0.336 e. The summed E-state index contributed by atoms with van der Waals surface area (Å²) >= 11 is 0.937. The van der Waals surface area contributed by atoms with Gasteiger partial charge in [-0.05, 0) is 30.8 Å². The minimum Gasteiger partial charge on any atom is -0.336 e. The average Bonchev–Trinajstić information content (AvgIpc) is 2.69. The summed E-state index contributed by atoms with van der Waals surface area (Å²) in [6.07, 6.45) is 0.985. The van der Waals surface area contributed by atoms with Crippen molar-refractivity contribution in [1.82, 2.24) is 14.9 Å². The predicted molar refractivity (Wildman–Crippen MR) is 75.2 cm³/mol. The minimum absolute atomic E-state index is 0.121. The molecule has 0 amide bonds. The number of rotatable bonds is 4. The Labute approximate surface area is 124 Å². The van der Waals surface area contributed by atoms with Crippen LogP contribution in [0.5, 0.6) is 0 Å². The second-order valence-electron chi connectivity index (χ2n) is 4.16. The van der Waals surface area contributed by atoms with Crippen molar-refractivity contribution in [2.75, 3.05) is 12.1 Å². The molecular weight excluding hydrogens is 318 g/mol. The highest BCUT2D eigenvalue weighted by molar-refractivity contribution is 7.99. The van der Waals surface area contributed by atoms with Gasteiger partial charge in [0.25, 0.3) is 5.69 Å². The van der Waals surface area contributed by atoms with Crippen molar-refractivity contribution < 1.29 is 13.3 Å². The fraction of sp³-hybridized carbons (Fsp3) is 0.200. The summed E-state index contributed by atoms with van der Waals surface area (Å²) in [4.78, 5) is 10.6. The van der Waals surface area contributed by atoms with E-state index in [0.717, 1.165) is 24.1 Å². The molecule has 1 aromatic carbocycles. The lowest BCUT2D eigenvalue weighted by Crippen LogP contribution is -2.11. The fourth-order valence-electron chi connectivity index (χ4n) is 1.47. The van der Waals surface area contributed by atoms with E-state index in [1.807, 2.05) is 0 Å². The van der Waals surface area contributed by atoms with Crippen LogP contribution in [0.1, 0.15) is 5.82 Å². The summed E-state index contributed by atoms with van der Waals surface area (Å²) < 4.78 is 24.1. The summed E-state index contributed by atoms with van der Waals surface area (Å²) in [6.45, 7) is 1.64. The summed E-state index contributed by atoms with van der Waals surface area (Å²) in [5, 5.41) is 18.9. The van der Waals surface area contributed by atoms with Gasteiger partial charge in [-0.1, -0.05) is 0 Å². The number of nitro groups is 1. The number of nitro benzene ring substituents is 1. The minimum atomic E-state index is -3.52. The Kier molecular flexibility index (Phi) is 3.87. The molecule has 0 spiro atoms. The molecule has 0 aliphatic carbocycles. The summed E-state index contributed by atoms with van der Waals surface area (Å²) in [5.41, 5.74) is -0.330. The number of hydrogen-bond acceptors (Lipinski definition) is 8. The summed E-state index contributed by atoms with van der Waals surface area (Å²) in [5.74, 6) is 6.13. The molecule has 0 fully saturated rings. The molecule has 2 aromatic rings. The molecule has 0 unspecified atom stereocenters. The first kappa shape index (κ1) is 15.3. The molecule has 0 bridgehead atoms. The molecule has 0 saturated carbocycles. The van der Waals surface area contributed by atoms with Crippen LogP contribution < -0.4 is 5.84 Å². The molecule has 9 nitrogen and oxygen atoms in total. The number of aromatic nitrogens is 3. The molecule has 0 aliphatic heterocycles. The molecule has 112 valence electrons. The molecule has 21 heavy (non-hydrogen) atoms. The topological polar surface area (TPSA) is 134 Å². The SMILES string of the molecule is Cc1nnc(Sc2ccc(S(C)(=O)=O)cc2[N+](=O)[O-])n1N. The van der Waals surface area contributed by atoms with Gasteiger partial charge >= 0.3 is 0 Å². The van der Waals surface area contributed by atoms with E-state index in [9.17, 15) is 18.5 Å². The van der Waals surface area contributed by atoms with Crippen molar-refractivity contribution in [3.05, 3.63) is 34.1 Å². The van der Waals surface area contributed by atoms with Crippen LogP contribution in [0, 0.1) is 17.0 Å². The third-order valence-corrected chi connectivity index (χ3v) is 4.73. The van der Waals surface area contributed by atoms with E-state index in [1.54, 1.807) is 6.92 Å². The quantitative estimate of drug-likeness (QED) is 0.493. The van der Waals surface area contributed by atoms with Gasteiger partial charge in [0.1, 0.15) is 5.82 Å². The number of sulfone groups is 1. The number of nitrogens with zero attached hydrogens (tertiary/aromatic N) is 4. The lowest BCUT2D eigenvalue weighted by atomic mass is 10.3. The van der Waals surface area contributed by atoms with Crippen LogP contribution in [0.4, 0.5) is 5.69 Å². The first-order valence-corrected chi connectivity index (χ1v) is 8.24. The van der Waals surface area contributed by atoms with Gasteiger partial charge in [0.05, 0.1) is 14.7 Å². The average molecular weight is 329 g/mol. The van der Waals surface area contributed by atoms with Gasteiger partial charge < -0.3 is 5.84 Å². The molecule has 2 N–H and O–H groups in total. The molecule has 2 rings (SSSR count). The molecule has 0 aliphatic rings. The van der Waals surface area contributed by atoms with Crippen LogP contribution in [0.2, 0.25) is 0 Å². The van der Waals surface area contributed by atoms with Crippen LogP contribution >= 0.6 is 11.8 Å².